The molecule has 0 saturated heterocycles. The Morgan fingerprint density at radius 1 is 1.14 bits per heavy atom. The van der Waals surface area contributed by atoms with Gasteiger partial charge in [-0.05, 0) is 29.9 Å². The van der Waals surface area contributed by atoms with Crippen molar-refractivity contribution in [2.45, 2.75) is 33.6 Å². The van der Waals surface area contributed by atoms with Crippen LogP contribution in [0.15, 0.2) is 30.3 Å². The molecule has 1 unspecified atom stereocenters. The molecule has 1 aliphatic carbocycles. The molecule has 1 aromatic rings. The molecule has 0 radical (unpaired) electrons. The highest BCUT2D eigenvalue weighted by atomic mass is 14.1. The van der Waals surface area contributed by atoms with E-state index in [-0.39, 0.29) is 0 Å². The quantitative estimate of drug-likeness (QED) is 0.569. The van der Waals surface area contributed by atoms with Gasteiger partial charge < -0.3 is 0 Å². The fourth-order valence-corrected chi connectivity index (χ4v) is 1.77. The van der Waals surface area contributed by atoms with Gasteiger partial charge >= 0.3 is 0 Å². The van der Waals surface area contributed by atoms with Gasteiger partial charge in [0.1, 0.15) is 0 Å². The first-order valence-electron chi connectivity index (χ1n) is 5.61. The first-order valence-corrected chi connectivity index (χ1v) is 5.61. The van der Waals surface area contributed by atoms with Gasteiger partial charge in [-0.1, -0.05) is 57.2 Å². The zero-order valence-electron chi connectivity index (χ0n) is 9.46. The SMILES string of the molecule is CC.CC1CC=Cc2ccccc2C1. The molecule has 1 aliphatic rings. The molecular weight excluding hydrogens is 168 g/mol. The minimum Gasteiger partial charge on any atom is -0.0837 e. The van der Waals surface area contributed by atoms with Crippen LogP contribution in [0.4, 0.5) is 0 Å². The maximum Gasteiger partial charge on any atom is -0.0228 e. The van der Waals surface area contributed by atoms with E-state index in [1.54, 1.807) is 0 Å². The summed E-state index contributed by atoms with van der Waals surface area (Å²) >= 11 is 0. The molecule has 0 bridgehead atoms. The highest BCUT2D eigenvalue weighted by Crippen LogP contribution is 2.21. The van der Waals surface area contributed by atoms with E-state index >= 15 is 0 Å². The summed E-state index contributed by atoms with van der Waals surface area (Å²) in [4.78, 5) is 0. The van der Waals surface area contributed by atoms with Crippen molar-refractivity contribution in [2.24, 2.45) is 5.92 Å². The summed E-state index contributed by atoms with van der Waals surface area (Å²) in [6, 6.07) is 8.68. The van der Waals surface area contributed by atoms with Crippen LogP contribution in [0.1, 0.15) is 38.3 Å². The zero-order valence-corrected chi connectivity index (χ0v) is 9.46. The molecule has 76 valence electrons. The van der Waals surface area contributed by atoms with Gasteiger partial charge in [0.2, 0.25) is 0 Å². The van der Waals surface area contributed by atoms with E-state index in [0.29, 0.717) is 0 Å². The lowest BCUT2D eigenvalue weighted by molar-refractivity contribution is 0.594. The molecule has 0 aliphatic heterocycles. The van der Waals surface area contributed by atoms with E-state index in [1.807, 2.05) is 13.8 Å². The van der Waals surface area contributed by atoms with E-state index in [9.17, 15) is 0 Å². The summed E-state index contributed by atoms with van der Waals surface area (Å²) in [5.41, 5.74) is 2.90. The third-order valence-electron chi connectivity index (χ3n) is 2.46. The average molecular weight is 188 g/mol. The normalized spacial score (nSPS) is 18.9. The fraction of sp³-hybridized carbons (Fsp3) is 0.429. The minimum absolute atomic E-state index is 0.796. The topological polar surface area (TPSA) is 0 Å². The molecule has 0 fully saturated rings. The molecule has 0 N–H and O–H groups in total. The Morgan fingerprint density at radius 2 is 1.86 bits per heavy atom. The predicted octanol–water partition coefficient (Wildman–Crippen LogP) is 4.31. The second kappa shape index (κ2) is 5.64. The van der Waals surface area contributed by atoms with Crippen molar-refractivity contribution in [1.29, 1.82) is 0 Å². The molecule has 0 aromatic heterocycles. The molecule has 0 nitrogen and oxygen atoms in total. The largest absolute Gasteiger partial charge is 0.0837 e. The molecule has 14 heavy (non-hydrogen) atoms. The number of fused-ring (bicyclic) bond motifs is 1. The van der Waals surface area contributed by atoms with Crippen molar-refractivity contribution in [3.8, 4) is 0 Å². The number of allylic oxidation sites excluding steroid dienone is 1. The fourth-order valence-electron chi connectivity index (χ4n) is 1.77. The Bertz CT molecular complexity index is 297. The van der Waals surface area contributed by atoms with Crippen LogP contribution in [0.5, 0.6) is 0 Å². The van der Waals surface area contributed by atoms with Crippen LogP contribution in [-0.4, -0.2) is 0 Å². The Labute approximate surface area is 87.7 Å². The molecule has 1 atom stereocenters. The summed E-state index contributed by atoms with van der Waals surface area (Å²) in [6.45, 7) is 6.31. The van der Waals surface area contributed by atoms with Crippen LogP contribution < -0.4 is 0 Å². The maximum atomic E-state index is 2.31. The Balaban J connectivity index is 0.000000461. The van der Waals surface area contributed by atoms with Gasteiger partial charge in [0.15, 0.2) is 0 Å². The second-order valence-corrected chi connectivity index (χ2v) is 3.65. The number of hydrogen-bond acceptors (Lipinski definition) is 0. The van der Waals surface area contributed by atoms with Crippen LogP contribution in [0.3, 0.4) is 0 Å². The summed E-state index contributed by atoms with van der Waals surface area (Å²) < 4.78 is 0. The summed E-state index contributed by atoms with van der Waals surface area (Å²) in [5.74, 6) is 0.796. The van der Waals surface area contributed by atoms with Crippen molar-refractivity contribution < 1.29 is 0 Å². The summed E-state index contributed by atoms with van der Waals surface area (Å²) in [6.07, 6.45) is 6.98. The Morgan fingerprint density at radius 3 is 2.64 bits per heavy atom. The lowest BCUT2D eigenvalue weighted by Crippen LogP contribution is -1.97. The molecule has 1 aromatic carbocycles. The monoisotopic (exact) mass is 188 g/mol. The molecular formula is C14H20. The number of benzene rings is 1. The minimum atomic E-state index is 0.796. The van der Waals surface area contributed by atoms with E-state index in [4.69, 9.17) is 0 Å². The average Bonchev–Trinajstić information content (AvgIpc) is 2.41. The van der Waals surface area contributed by atoms with Crippen molar-refractivity contribution in [3.05, 3.63) is 41.5 Å². The van der Waals surface area contributed by atoms with Gasteiger partial charge in [-0.25, -0.2) is 0 Å². The first kappa shape index (κ1) is 11.0. The van der Waals surface area contributed by atoms with Gasteiger partial charge in [-0.2, -0.15) is 0 Å². The maximum absolute atomic E-state index is 2.31. The van der Waals surface area contributed by atoms with Crippen molar-refractivity contribution in [2.75, 3.05) is 0 Å². The summed E-state index contributed by atoms with van der Waals surface area (Å²) in [7, 11) is 0. The zero-order chi connectivity index (χ0) is 10.4. The Hall–Kier alpha value is -1.04. The smallest absolute Gasteiger partial charge is 0.0228 e. The molecule has 0 amide bonds. The van der Waals surface area contributed by atoms with Gasteiger partial charge in [0.25, 0.3) is 0 Å². The van der Waals surface area contributed by atoms with Crippen LogP contribution in [0, 0.1) is 5.92 Å². The van der Waals surface area contributed by atoms with Crippen molar-refractivity contribution in [3.63, 3.8) is 0 Å². The standard InChI is InChI=1S/C12H14.C2H6/c1-10-5-4-8-11-6-2-3-7-12(11)9-10;1-2/h2-4,6-8,10H,5,9H2,1H3;1-2H3. The number of rotatable bonds is 0. The lowest BCUT2D eigenvalue weighted by Gasteiger charge is -2.07. The predicted molar refractivity (Wildman–Crippen MR) is 64.3 cm³/mol. The second-order valence-electron chi connectivity index (χ2n) is 3.65. The van der Waals surface area contributed by atoms with E-state index in [0.717, 1.165) is 5.92 Å². The number of hydrogen-bond donors (Lipinski definition) is 0. The van der Waals surface area contributed by atoms with Gasteiger partial charge in [0.05, 0.1) is 0 Å². The van der Waals surface area contributed by atoms with Gasteiger partial charge in [0, 0.05) is 0 Å². The molecule has 0 saturated carbocycles. The van der Waals surface area contributed by atoms with Crippen LogP contribution >= 0.6 is 0 Å². The summed E-state index contributed by atoms with van der Waals surface area (Å²) in [5, 5.41) is 0. The van der Waals surface area contributed by atoms with E-state index in [1.165, 1.54) is 24.0 Å². The highest BCUT2D eigenvalue weighted by Gasteiger charge is 2.07. The molecule has 2 rings (SSSR count). The van der Waals surface area contributed by atoms with Crippen LogP contribution in [-0.2, 0) is 6.42 Å². The van der Waals surface area contributed by atoms with Gasteiger partial charge in [-0.3, -0.25) is 0 Å². The first-order chi connectivity index (χ1) is 6.86. The van der Waals surface area contributed by atoms with Gasteiger partial charge in [-0.15, -0.1) is 0 Å². The van der Waals surface area contributed by atoms with Crippen LogP contribution in [0.2, 0.25) is 0 Å². The van der Waals surface area contributed by atoms with E-state index < -0.39 is 0 Å². The molecule has 0 heterocycles. The van der Waals surface area contributed by atoms with E-state index in [2.05, 4.69) is 43.3 Å². The Kier molecular flexibility index (Phi) is 4.45. The van der Waals surface area contributed by atoms with Crippen molar-refractivity contribution >= 4 is 6.08 Å². The molecule has 0 heteroatoms. The van der Waals surface area contributed by atoms with Crippen molar-refractivity contribution in [1.82, 2.24) is 0 Å². The van der Waals surface area contributed by atoms with Crippen LogP contribution in [0.25, 0.3) is 6.08 Å². The third-order valence-corrected chi connectivity index (χ3v) is 2.46. The molecule has 0 spiro atoms. The third kappa shape index (κ3) is 2.73. The lowest BCUT2D eigenvalue weighted by atomic mass is 9.98. The highest BCUT2D eigenvalue weighted by molar-refractivity contribution is 5.54.